The van der Waals surface area contributed by atoms with Crippen LogP contribution >= 0.6 is 0 Å². The second-order valence-corrected chi connectivity index (χ2v) is 9.98. The van der Waals surface area contributed by atoms with Gasteiger partial charge in [0.2, 0.25) is 5.91 Å². The predicted molar refractivity (Wildman–Crippen MR) is 130 cm³/mol. The summed E-state index contributed by atoms with van der Waals surface area (Å²) in [4.78, 5) is 36.2. The molecule has 0 aromatic heterocycles. The number of alkyl halides is 3. The molecule has 1 radical (unpaired) electrons. The van der Waals surface area contributed by atoms with E-state index in [0.717, 1.165) is 24.7 Å². The number of hydrogen-bond acceptors (Lipinski definition) is 3. The summed E-state index contributed by atoms with van der Waals surface area (Å²) in [6, 6.07) is 8.18. The Morgan fingerprint density at radius 1 is 1.10 bits per heavy atom. The standard InChI is InChI=1S/C20H26FN2O2.C8H3F4O.Nb/c1-14(2)11-19(25)23-9-7-20(8-10-23)12-18(24)22-13-17(20)15-3-5-16(21)6-4-15;9-7-2-1-6(8(10,11)12)3-5(7)4-13;/h3-6,11,14,17H,7-10,12-13H2,1-2H3,(H,22,24);1-3H;/q2*-1;+2. The Morgan fingerprint density at radius 2 is 1.72 bits per heavy atom. The van der Waals surface area contributed by atoms with Crippen molar-refractivity contribution in [3.05, 3.63) is 77.2 Å². The van der Waals surface area contributed by atoms with Gasteiger partial charge in [-0.15, -0.1) is 11.6 Å². The Labute approximate surface area is 240 Å². The number of carbonyl (C=O) groups excluding carboxylic acids is 3. The van der Waals surface area contributed by atoms with Gasteiger partial charge in [-0.1, -0.05) is 38.1 Å². The van der Waals surface area contributed by atoms with Gasteiger partial charge in [-0.2, -0.15) is 19.1 Å². The Bertz CT molecular complexity index is 1150. The van der Waals surface area contributed by atoms with E-state index in [0.29, 0.717) is 44.3 Å². The number of piperidine rings is 2. The maximum absolute atomic E-state index is 13.3. The summed E-state index contributed by atoms with van der Waals surface area (Å²) in [5.74, 6) is -0.700. The van der Waals surface area contributed by atoms with Crippen LogP contribution in [0, 0.1) is 29.4 Å². The summed E-state index contributed by atoms with van der Waals surface area (Å²) < 4.78 is 61.8. The fourth-order valence-electron chi connectivity index (χ4n) is 4.97. The normalized spacial score (nSPS) is 18.4. The molecule has 2 aliphatic heterocycles. The van der Waals surface area contributed by atoms with Crippen LogP contribution in [-0.4, -0.2) is 42.6 Å². The maximum Gasteiger partial charge on any atom is 2.00 e. The molecule has 209 valence electrons. The van der Waals surface area contributed by atoms with Crippen molar-refractivity contribution in [1.29, 1.82) is 0 Å². The molecule has 2 aromatic carbocycles. The van der Waals surface area contributed by atoms with E-state index < -0.39 is 23.1 Å². The van der Waals surface area contributed by atoms with E-state index in [-0.39, 0.29) is 57.3 Å². The number of nitrogens with one attached hydrogen (secondary N) is 1. The van der Waals surface area contributed by atoms with Crippen LogP contribution in [0.15, 0.2) is 42.5 Å². The number of likely N-dealkylation sites (tertiary alicyclic amines) is 1. The molecule has 2 aliphatic rings. The molecule has 1 N–H and O–H groups in total. The van der Waals surface area contributed by atoms with Crippen LogP contribution in [-0.2, 0) is 42.9 Å². The number of nitrogens with zero attached hydrogens (tertiary/aromatic N) is 1. The van der Waals surface area contributed by atoms with Crippen LogP contribution < -0.4 is 5.32 Å². The second-order valence-electron chi connectivity index (χ2n) is 9.98. The fraction of sp³-hybridized carbons (Fsp3) is 0.429. The zero-order valence-corrected chi connectivity index (χ0v) is 23.7. The maximum atomic E-state index is 13.3. The molecule has 39 heavy (non-hydrogen) atoms. The number of carbonyl (C=O) groups is 2. The number of halogens is 5. The molecular formula is C28H29F5N2NbO3. The zero-order chi connectivity index (χ0) is 28.1. The minimum atomic E-state index is -4.57. The van der Waals surface area contributed by atoms with Crippen molar-refractivity contribution < 1.29 is 58.7 Å². The molecule has 1 spiro atoms. The average Bonchev–Trinajstić information content (AvgIpc) is 2.85. The van der Waals surface area contributed by atoms with Gasteiger partial charge in [0.25, 0.3) is 0 Å². The van der Waals surface area contributed by atoms with Crippen molar-refractivity contribution in [3.8, 4) is 0 Å². The summed E-state index contributed by atoms with van der Waals surface area (Å²) in [5, 5.41) is 2.96. The number of rotatable bonds is 4. The van der Waals surface area contributed by atoms with Gasteiger partial charge < -0.3 is 26.2 Å². The molecule has 0 aliphatic carbocycles. The molecule has 11 heteroatoms. The molecule has 2 saturated heterocycles. The zero-order valence-electron chi connectivity index (χ0n) is 21.5. The monoisotopic (exact) mass is 629 g/mol. The fourth-order valence-corrected chi connectivity index (χ4v) is 4.97. The van der Waals surface area contributed by atoms with Crippen molar-refractivity contribution in [2.75, 3.05) is 19.6 Å². The predicted octanol–water partition coefficient (Wildman–Crippen LogP) is 5.20. The van der Waals surface area contributed by atoms with Gasteiger partial charge in [-0.3, -0.25) is 9.18 Å². The van der Waals surface area contributed by atoms with E-state index in [2.05, 4.69) is 5.32 Å². The van der Waals surface area contributed by atoms with Crippen LogP contribution in [0.5, 0.6) is 0 Å². The first-order chi connectivity index (χ1) is 17.8. The van der Waals surface area contributed by atoms with Gasteiger partial charge in [0.15, 0.2) is 0 Å². The Kier molecular flexibility index (Phi) is 11.3. The first kappa shape index (κ1) is 32.5. The van der Waals surface area contributed by atoms with Crippen molar-refractivity contribution in [1.82, 2.24) is 10.2 Å². The second kappa shape index (κ2) is 13.6. The molecule has 1 unspecified atom stereocenters. The van der Waals surface area contributed by atoms with E-state index >= 15 is 0 Å². The van der Waals surface area contributed by atoms with E-state index in [4.69, 9.17) is 0 Å². The van der Waals surface area contributed by atoms with Crippen molar-refractivity contribution in [2.45, 2.75) is 45.2 Å². The summed E-state index contributed by atoms with van der Waals surface area (Å²) in [6.07, 6.45) is 0.354. The SMILES string of the molecule is CC(C)[CH-]C(=O)N1CCC2(CC1)CC(=O)NCC2c1ccc(F)cc1.O=[C-]c1cc(C(F)(F)F)ccc1F.[Nb+2]. The third-order valence-electron chi connectivity index (χ3n) is 6.98. The molecular weight excluding hydrogens is 600 g/mol. The first-order valence-electron chi connectivity index (χ1n) is 12.3. The van der Waals surface area contributed by atoms with Crippen LogP contribution in [0.2, 0.25) is 0 Å². The van der Waals surface area contributed by atoms with Crippen LogP contribution in [0.4, 0.5) is 22.0 Å². The van der Waals surface area contributed by atoms with Crippen molar-refractivity contribution >= 4 is 18.1 Å². The quantitative estimate of drug-likeness (QED) is 0.288. The number of hydrogen-bond donors (Lipinski definition) is 1. The minimum Gasteiger partial charge on any atom is -0.376 e. The van der Waals surface area contributed by atoms with Crippen LogP contribution in [0.3, 0.4) is 0 Å². The largest absolute Gasteiger partial charge is 2.00 e. The molecule has 5 nitrogen and oxygen atoms in total. The van der Waals surface area contributed by atoms with Gasteiger partial charge in [-0.25, -0.2) is 4.39 Å². The Morgan fingerprint density at radius 3 is 2.26 bits per heavy atom. The van der Waals surface area contributed by atoms with Gasteiger partial charge in [0.05, 0.1) is 12.2 Å². The molecule has 0 saturated carbocycles. The van der Waals surface area contributed by atoms with E-state index in [1.165, 1.54) is 12.1 Å². The smallest absolute Gasteiger partial charge is 0.376 e. The minimum absolute atomic E-state index is 0. The summed E-state index contributed by atoms with van der Waals surface area (Å²) >= 11 is 0. The molecule has 2 heterocycles. The van der Waals surface area contributed by atoms with Gasteiger partial charge in [-0.05, 0) is 41.5 Å². The number of amides is 2. The van der Waals surface area contributed by atoms with E-state index in [9.17, 15) is 36.3 Å². The summed E-state index contributed by atoms with van der Waals surface area (Å²) in [5.41, 5.74) is -0.855. The molecule has 1 atom stereocenters. The third kappa shape index (κ3) is 8.40. The van der Waals surface area contributed by atoms with Crippen LogP contribution in [0.1, 0.15) is 55.7 Å². The first-order valence-corrected chi connectivity index (χ1v) is 12.3. The summed E-state index contributed by atoms with van der Waals surface area (Å²) in [7, 11) is 0. The van der Waals surface area contributed by atoms with Crippen LogP contribution in [0.25, 0.3) is 0 Å². The molecule has 4 rings (SSSR count). The van der Waals surface area contributed by atoms with E-state index in [1.54, 1.807) is 6.42 Å². The molecule has 0 bridgehead atoms. The number of benzene rings is 2. The summed E-state index contributed by atoms with van der Waals surface area (Å²) in [6.45, 7) is 5.93. The Hall–Kier alpha value is -2.69. The third-order valence-corrected chi connectivity index (χ3v) is 6.98. The molecule has 2 fully saturated rings. The van der Waals surface area contributed by atoms with Gasteiger partial charge in [0.1, 0.15) is 5.82 Å². The molecule has 2 aromatic rings. The Balaban J connectivity index is 0.000000324. The van der Waals surface area contributed by atoms with Gasteiger partial charge >= 0.3 is 28.6 Å². The average molecular weight is 629 g/mol. The van der Waals surface area contributed by atoms with Crippen molar-refractivity contribution in [3.63, 3.8) is 0 Å². The van der Waals surface area contributed by atoms with Crippen molar-refractivity contribution in [2.24, 2.45) is 11.3 Å². The van der Waals surface area contributed by atoms with E-state index in [1.807, 2.05) is 30.9 Å². The van der Waals surface area contributed by atoms with Gasteiger partial charge in [0, 0.05) is 37.8 Å². The molecule has 2 amide bonds. The topological polar surface area (TPSA) is 66.5 Å².